The van der Waals surface area contributed by atoms with Crippen molar-refractivity contribution in [2.45, 2.75) is 39.7 Å². The average Bonchev–Trinajstić information content (AvgIpc) is 2.20. The molecule has 1 aromatic rings. The van der Waals surface area contributed by atoms with Gasteiger partial charge >= 0.3 is 0 Å². The molecule has 84 valence electrons. The fraction of sp³-hybridized carbons (Fsp3) is 0.571. The van der Waals surface area contributed by atoms with Crippen molar-refractivity contribution in [3.8, 4) is 0 Å². The monoisotopic (exact) mass is 206 g/mol. The van der Waals surface area contributed by atoms with Crippen LogP contribution in [0.5, 0.6) is 0 Å². The fourth-order valence-electron chi connectivity index (χ4n) is 2.44. The molecule has 1 heteroatoms. The van der Waals surface area contributed by atoms with E-state index in [1.54, 1.807) is 0 Å². The van der Waals surface area contributed by atoms with Gasteiger partial charge in [0, 0.05) is 7.11 Å². The van der Waals surface area contributed by atoms with Gasteiger partial charge in [0.25, 0.3) is 0 Å². The highest BCUT2D eigenvalue weighted by atomic mass is 16.5. The zero-order valence-electron chi connectivity index (χ0n) is 10.5. The summed E-state index contributed by atoms with van der Waals surface area (Å²) < 4.78 is 5.84. The van der Waals surface area contributed by atoms with Crippen LogP contribution in [-0.2, 0) is 10.3 Å². The summed E-state index contributed by atoms with van der Waals surface area (Å²) in [6.45, 7) is 8.87. The van der Waals surface area contributed by atoms with Crippen molar-refractivity contribution in [3.63, 3.8) is 0 Å². The normalized spacial score (nSPS) is 16.1. The minimum atomic E-state index is -0.186. The third-order valence-electron chi connectivity index (χ3n) is 3.30. The molecule has 0 heterocycles. The summed E-state index contributed by atoms with van der Waals surface area (Å²) in [5.74, 6) is 0. The van der Waals surface area contributed by atoms with Crippen molar-refractivity contribution in [2.24, 2.45) is 5.41 Å². The smallest absolute Gasteiger partial charge is 0.0972 e. The molecule has 15 heavy (non-hydrogen) atoms. The first-order valence-electron chi connectivity index (χ1n) is 5.58. The summed E-state index contributed by atoms with van der Waals surface area (Å²) >= 11 is 0. The molecular formula is C14H22O. The van der Waals surface area contributed by atoms with Gasteiger partial charge in [-0.15, -0.1) is 0 Å². The second kappa shape index (κ2) is 4.36. The van der Waals surface area contributed by atoms with Crippen molar-refractivity contribution in [1.82, 2.24) is 0 Å². The molecule has 1 unspecified atom stereocenters. The molecule has 0 aliphatic carbocycles. The van der Waals surface area contributed by atoms with Gasteiger partial charge in [-0.05, 0) is 17.4 Å². The molecule has 0 spiro atoms. The van der Waals surface area contributed by atoms with E-state index in [9.17, 15) is 0 Å². The van der Waals surface area contributed by atoms with Crippen molar-refractivity contribution < 1.29 is 4.74 Å². The lowest BCUT2D eigenvalue weighted by molar-refractivity contribution is -0.102. The number of hydrogen-bond donors (Lipinski definition) is 0. The maximum atomic E-state index is 5.84. The number of benzene rings is 1. The SMILES string of the molecule is CCC(OC)(c1ccccc1)C(C)(C)C. The van der Waals surface area contributed by atoms with E-state index in [-0.39, 0.29) is 11.0 Å². The van der Waals surface area contributed by atoms with Gasteiger partial charge in [0.2, 0.25) is 0 Å². The number of ether oxygens (including phenoxy) is 1. The van der Waals surface area contributed by atoms with Gasteiger partial charge in [0.05, 0.1) is 5.60 Å². The third kappa shape index (κ3) is 2.07. The first-order valence-corrected chi connectivity index (χ1v) is 5.58. The van der Waals surface area contributed by atoms with E-state index in [1.807, 2.05) is 13.2 Å². The van der Waals surface area contributed by atoms with Gasteiger partial charge in [-0.2, -0.15) is 0 Å². The lowest BCUT2D eigenvalue weighted by Crippen LogP contribution is -2.41. The fourth-order valence-corrected chi connectivity index (χ4v) is 2.44. The summed E-state index contributed by atoms with van der Waals surface area (Å²) in [4.78, 5) is 0. The summed E-state index contributed by atoms with van der Waals surface area (Å²) in [6.07, 6.45) is 0.983. The highest BCUT2D eigenvalue weighted by Gasteiger charge is 2.41. The Bertz CT molecular complexity index is 291. The van der Waals surface area contributed by atoms with Gasteiger partial charge in [0.15, 0.2) is 0 Å². The maximum Gasteiger partial charge on any atom is 0.0972 e. The van der Waals surface area contributed by atoms with E-state index in [0.717, 1.165) is 6.42 Å². The molecule has 1 atom stereocenters. The summed E-state index contributed by atoms with van der Waals surface area (Å²) in [5, 5.41) is 0. The Labute approximate surface area is 93.5 Å². The zero-order valence-corrected chi connectivity index (χ0v) is 10.5. The molecular weight excluding hydrogens is 184 g/mol. The Kier molecular flexibility index (Phi) is 3.56. The van der Waals surface area contributed by atoms with E-state index in [4.69, 9.17) is 4.74 Å². The van der Waals surface area contributed by atoms with Crippen molar-refractivity contribution in [3.05, 3.63) is 35.9 Å². The Balaban J connectivity index is 3.24. The summed E-state index contributed by atoms with van der Waals surface area (Å²) in [5.41, 5.74) is 1.18. The van der Waals surface area contributed by atoms with Gasteiger partial charge in [0.1, 0.15) is 0 Å². The minimum Gasteiger partial charge on any atom is -0.373 e. The van der Waals surface area contributed by atoms with Gasteiger partial charge < -0.3 is 4.74 Å². The second-order valence-corrected chi connectivity index (χ2v) is 5.00. The molecule has 0 amide bonds. The lowest BCUT2D eigenvalue weighted by Gasteiger charge is -2.43. The van der Waals surface area contributed by atoms with E-state index >= 15 is 0 Å². The Morgan fingerprint density at radius 2 is 1.60 bits per heavy atom. The number of hydrogen-bond acceptors (Lipinski definition) is 1. The molecule has 0 fully saturated rings. The predicted octanol–water partition coefficient (Wildman–Crippen LogP) is 3.98. The zero-order chi connectivity index (χ0) is 11.5. The molecule has 1 rings (SSSR count). The number of rotatable bonds is 3. The van der Waals surface area contributed by atoms with Crippen LogP contribution in [0.2, 0.25) is 0 Å². The van der Waals surface area contributed by atoms with E-state index in [0.29, 0.717) is 0 Å². The maximum absolute atomic E-state index is 5.84. The Morgan fingerprint density at radius 3 is 1.93 bits per heavy atom. The van der Waals surface area contributed by atoms with Gasteiger partial charge in [-0.3, -0.25) is 0 Å². The van der Waals surface area contributed by atoms with Crippen LogP contribution >= 0.6 is 0 Å². The first kappa shape index (κ1) is 12.3. The number of methoxy groups -OCH3 is 1. The quantitative estimate of drug-likeness (QED) is 0.726. The largest absolute Gasteiger partial charge is 0.373 e. The first-order chi connectivity index (χ1) is 6.98. The topological polar surface area (TPSA) is 9.23 Å². The third-order valence-corrected chi connectivity index (χ3v) is 3.30. The standard InChI is InChI=1S/C14H22O/c1-6-14(15-5,13(2,3)4)12-10-8-7-9-11-12/h7-11H,6H2,1-5H3. The van der Waals surface area contributed by atoms with Crippen LogP contribution in [0.4, 0.5) is 0 Å². The molecule has 0 aliphatic rings. The van der Waals surface area contributed by atoms with Gasteiger partial charge in [-0.25, -0.2) is 0 Å². The highest BCUT2D eigenvalue weighted by Crippen LogP contribution is 2.44. The summed E-state index contributed by atoms with van der Waals surface area (Å²) in [6, 6.07) is 10.5. The average molecular weight is 206 g/mol. The second-order valence-electron chi connectivity index (χ2n) is 5.00. The summed E-state index contributed by atoms with van der Waals surface area (Å²) in [7, 11) is 1.81. The van der Waals surface area contributed by atoms with Crippen LogP contribution in [0, 0.1) is 5.41 Å². The molecule has 1 nitrogen and oxygen atoms in total. The lowest BCUT2D eigenvalue weighted by atomic mass is 9.70. The van der Waals surface area contributed by atoms with Crippen molar-refractivity contribution in [1.29, 1.82) is 0 Å². The molecule has 0 radical (unpaired) electrons. The van der Waals surface area contributed by atoms with Crippen LogP contribution in [0.3, 0.4) is 0 Å². The molecule has 0 bridgehead atoms. The van der Waals surface area contributed by atoms with E-state index in [1.165, 1.54) is 5.56 Å². The van der Waals surface area contributed by atoms with Crippen LogP contribution in [-0.4, -0.2) is 7.11 Å². The van der Waals surface area contributed by atoms with E-state index in [2.05, 4.69) is 52.0 Å². The van der Waals surface area contributed by atoms with Crippen LogP contribution in [0.15, 0.2) is 30.3 Å². The Morgan fingerprint density at radius 1 is 1.07 bits per heavy atom. The Hall–Kier alpha value is -0.820. The molecule has 0 aromatic heterocycles. The molecule has 0 N–H and O–H groups in total. The minimum absolute atomic E-state index is 0.0951. The van der Waals surface area contributed by atoms with Crippen molar-refractivity contribution in [2.75, 3.05) is 7.11 Å². The van der Waals surface area contributed by atoms with Gasteiger partial charge in [-0.1, -0.05) is 58.0 Å². The van der Waals surface area contributed by atoms with E-state index < -0.39 is 0 Å². The molecule has 0 saturated heterocycles. The molecule has 0 saturated carbocycles. The molecule has 1 aromatic carbocycles. The van der Waals surface area contributed by atoms with Crippen LogP contribution in [0.1, 0.15) is 39.7 Å². The highest BCUT2D eigenvalue weighted by molar-refractivity contribution is 5.24. The van der Waals surface area contributed by atoms with Crippen LogP contribution in [0.25, 0.3) is 0 Å². The molecule has 0 aliphatic heterocycles. The predicted molar refractivity (Wildman–Crippen MR) is 64.9 cm³/mol. The van der Waals surface area contributed by atoms with Crippen molar-refractivity contribution >= 4 is 0 Å². The van der Waals surface area contributed by atoms with Crippen LogP contribution < -0.4 is 0 Å².